The van der Waals surface area contributed by atoms with Gasteiger partial charge in [-0.05, 0) is 103 Å². The third-order valence-electron chi connectivity index (χ3n) is 9.36. The number of carbonyl (C=O) groups excluding carboxylic acids is 2. The average molecular weight is 509 g/mol. The number of esters is 1. The molecule has 0 radical (unpaired) electrons. The van der Waals surface area contributed by atoms with E-state index in [4.69, 9.17) is 9.47 Å². The lowest BCUT2D eigenvalue weighted by Gasteiger charge is -2.56. The molecular weight excluding hydrogens is 456 g/mol. The molecule has 0 spiro atoms. The second kappa shape index (κ2) is 10.3. The summed E-state index contributed by atoms with van der Waals surface area (Å²) >= 11 is 0. The second-order valence-corrected chi connectivity index (χ2v) is 14.8. The summed E-state index contributed by atoms with van der Waals surface area (Å²) < 4.78 is 12.5. The first-order valence-electron chi connectivity index (χ1n) is 14.2. The molecule has 4 rings (SSSR count). The quantitative estimate of drug-likeness (QED) is 0.255. The summed E-state index contributed by atoms with van der Waals surface area (Å²) in [5.41, 5.74) is -3.42. The highest BCUT2D eigenvalue weighted by atomic mass is 16.6. The minimum atomic E-state index is -1.17. The van der Waals surface area contributed by atoms with Crippen molar-refractivity contribution in [2.75, 3.05) is 6.61 Å². The van der Waals surface area contributed by atoms with E-state index in [9.17, 15) is 19.8 Å². The Hall–Kier alpha value is -0.980. The standard InChI is InChI=1S/C30H52O6/c1-9-28(7,24(33)36-30-15-20-12-21(16-30)14-22(13-20)17-30)19-29(8,25(34)35-26(2,3)4)18-27(5,6)23(32)10-11-31/h20-22,25,31,34H,9-19H2,1-8H3. The molecule has 4 saturated carbocycles. The molecule has 0 aromatic rings. The minimum Gasteiger partial charge on any atom is -0.459 e. The third kappa shape index (κ3) is 6.53. The molecule has 0 heterocycles. The number of hydrogen-bond donors (Lipinski definition) is 2. The SMILES string of the molecule is CCC(C)(CC(C)(CC(C)(C)C(=O)CCO)C(O)OC(C)(C)C)C(=O)OC12CC3CC(CC(C3)C1)C2. The molecule has 0 saturated heterocycles. The van der Waals surface area contributed by atoms with Crippen LogP contribution in [0.4, 0.5) is 0 Å². The fourth-order valence-electron chi connectivity index (χ4n) is 7.97. The van der Waals surface area contributed by atoms with Gasteiger partial charge >= 0.3 is 5.97 Å². The van der Waals surface area contributed by atoms with Crippen LogP contribution in [0.3, 0.4) is 0 Å². The van der Waals surface area contributed by atoms with E-state index < -0.39 is 28.1 Å². The number of aliphatic hydroxyl groups is 2. The molecule has 6 heteroatoms. The van der Waals surface area contributed by atoms with Gasteiger partial charge in [0.15, 0.2) is 6.29 Å². The number of aliphatic hydroxyl groups excluding tert-OH is 2. The number of carbonyl (C=O) groups is 2. The van der Waals surface area contributed by atoms with Gasteiger partial charge in [-0.3, -0.25) is 9.59 Å². The molecule has 208 valence electrons. The molecule has 4 bridgehead atoms. The maximum Gasteiger partial charge on any atom is 0.312 e. The highest BCUT2D eigenvalue weighted by Crippen LogP contribution is 2.58. The Labute approximate surface area is 218 Å². The van der Waals surface area contributed by atoms with Crippen LogP contribution in [-0.4, -0.2) is 46.1 Å². The van der Waals surface area contributed by atoms with Gasteiger partial charge < -0.3 is 19.7 Å². The van der Waals surface area contributed by atoms with Crippen LogP contribution in [-0.2, 0) is 19.1 Å². The predicted molar refractivity (Wildman–Crippen MR) is 140 cm³/mol. The molecular formula is C30H52O6. The summed E-state index contributed by atoms with van der Waals surface area (Å²) in [7, 11) is 0. The van der Waals surface area contributed by atoms with Crippen molar-refractivity contribution in [1.29, 1.82) is 0 Å². The molecule has 0 aromatic heterocycles. The van der Waals surface area contributed by atoms with E-state index in [1.54, 1.807) is 0 Å². The fraction of sp³-hybridized carbons (Fsp3) is 0.933. The van der Waals surface area contributed by atoms with E-state index in [0.717, 1.165) is 19.3 Å². The van der Waals surface area contributed by atoms with Crippen molar-refractivity contribution in [3.05, 3.63) is 0 Å². The molecule has 0 amide bonds. The summed E-state index contributed by atoms with van der Waals surface area (Å²) in [4.78, 5) is 26.8. The van der Waals surface area contributed by atoms with Crippen molar-refractivity contribution in [2.24, 2.45) is 34.0 Å². The maximum absolute atomic E-state index is 13.9. The highest BCUT2D eigenvalue weighted by Gasteiger charge is 2.55. The van der Waals surface area contributed by atoms with Crippen molar-refractivity contribution < 1.29 is 29.3 Å². The number of ketones is 1. The summed E-state index contributed by atoms with van der Waals surface area (Å²) in [5, 5.41) is 20.7. The Morgan fingerprint density at radius 1 is 0.917 bits per heavy atom. The van der Waals surface area contributed by atoms with Crippen LogP contribution in [0, 0.1) is 34.0 Å². The molecule has 2 N–H and O–H groups in total. The van der Waals surface area contributed by atoms with Gasteiger partial charge in [0.2, 0.25) is 0 Å². The van der Waals surface area contributed by atoms with E-state index in [1.807, 2.05) is 55.4 Å². The number of rotatable bonds is 12. The molecule has 6 nitrogen and oxygen atoms in total. The lowest BCUT2D eigenvalue weighted by Crippen LogP contribution is -2.54. The van der Waals surface area contributed by atoms with Crippen LogP contribution in [0.5, 0.6) is 0 Å². The Balaban J connectivity index is 1.85. The van der Waals surface area contributed by atoms with Crippen LogP contribution in [0.15, 0.2) is 0 Å². The summed E-state index contributed by atoms with van der Waals surface area (Å²) in [6.45, 7) is 15.0. The van der Waals surface area contributed by atoms with Gasteiger partial charge in [0.25, 0.3) is 0 Å². The fourth-order valence-corrected chi connectivity index (χ4v) is 7.97. The van der Waals surface area contributed by atoms with E-state index in [2.05, 4.69) is 0 Å². The maximum atomic E-state index is 13.9. The molecule has 4 aliphatic carbocycles. The molecule has 3 atom stereocenters. The van der Waals surface area contributed by atoms with Gasteiger partial charge in [0.1, 0.15) is 11.4 Å². The number of Topliss-reactive ketones (excluding diaryl/α,β-unsaturated/α-hetero) is 1. The lowest BCUT2D eigenvalue weighted by molar-refractivity contribution is -0.237. The molecule has 3 unspecified atom stereocenters. The molecule has 0 aliphatic heterocycles. The van der Waals surface area contributed by atoms with Crippen molar-refractivity contribution >= 4 is 11.8 Å². The monoisotopic (exact) mass is 508 g/mol. The summed E-state index contributed by atoms with van der Waals surface area (Å²) in [6.07, 6.45) is 6.95. The molecule has 4 fully saturated rings. The van der Waals surface area contributed by atoms with E-state index in [0.29, 0.717) is 37.0 Å². The van der Waals surface area contributed by atoms with Crippen LogP contribution in [0.1, 0.15) is 120 Å². The number of ether oxygens (including phenoxy) is 2. The molecule has 0 aromatic carbocycles. The first kappa shape index (κ1) is 29.6. The lowest BCUT2D eigenvalue weighted by atomic mass is 9.54. The van der Waals surface area contributed by atoms with Crippen molar-refractivity contribution in [3.8, 4) is 0 Å². The first-order chi connectivity index (χ1) is 16.4. The Morgan fingerprint density at radius 3 is 1.83 bits per heavy atom. The van der Waals surface area contributed by atoms with Crippen LogP contribution >= 0.6 is 0 Å². The van der Waals surface area contributed by atoms with Gasteiger partial charge in [0.05, 0.1) is 11.0 Å². The Bertz CT molecular complexity index is 775. The molecule has 4 aliphatic rings. The summed E-state index contributed by atoms with van der Waals surface area (Å²) in [5.74, 6) is 1.81. The Morgan fingerprint density at radius 2 is 1.42 bits per heavy atom. The largest absolute Gasteiger partial charge is 0.459 e. The van der Waals surface area contributed by atoms with Gasteiger partial charge in [-0.1, -0.05) is 27.7 Å². The summed E-state index contributed by atoms with van der Waals surface area (Å²) in [6, 6.07) is 0. The minimum absolute atomic E-state index is 0.0615. The highest BCUT2D eigenvalue weighted by molar-refractivity contribution is 5.84. The average Bonchev–Trinajstić information content (AvgIpc) is 2.70. The molecule has 36 heavy (non-hydrogen) atoms. The zero-order chi connectivity index (χ0) is 27.2. The van der Waals surface area contributed by atoms with Crippen LogP contribution in [0.25, 0.3) is 0 Å². The van der Waals surface area contributed by atoms with E-state index in [-0.39, 0.29) is 30.4 Å². The van der Waals surface area contributed by atoms with Crippen molar-refractivity contribution in [2.45, 2.75) is 137 Å². The van der Waals surface area contributed by atoms with Crippen LogP contribution < -0.4 is 0 Å². The van der Waals surface area contributed by atoms with Gasteiger partial charge in [-0.15, -0.1) is 0 Å². The number of hydrogen-bond acceptors (Lipinski definition) is 6. The predicted octanol–water partition coefficient (Wildman–Crippen LogP) is 5.81. The van der Waals surface area contributed by atoms with Crippen molar-refractivity contribution in [1.82, 2.24) is 0 Å². The second-order valence-electron chi connectivity index (χ2n) is 14.8. The Kier molecular flexibility index (Phi) is 8.46. The van der Waals surface area contributed by atoms with Gasteiger partial charge in [0, 0.05) is 23.9 Å². The zero-order valence-corrected chi connectivity index (χ0v) is 24.1. The van der Waals surface area contributed by atoms with Crippen molar-refractivity contribution in [3.63, 3.8) is 0 Å². The topological polar surface area (TPSA) is 93.1 Å². The van der Waals surface area contributed by atoms with Gasteiger partial charge in [-0.2, -0.15) is 0 Å². The van der Waals surface area contributed by atoms with Gasteiger partial charge in [-0.25, -0.2) is 0 Å². The third-order valence-corrected chi connectivity index (χ3v) is 9.36. The smallest absolute Gasteiger partial charge is 0.312 e. The first-order valence-corrected chi connectivity index (χ1v) is 14.2. The van der Waals surface area contributed by atoms with E-state index >= 15 is 0 Å². The normalized spacial score (nSPS) is 32.0. The zero-order valence-electron chi connectivity index (χ0n) is 24.1. The van der Waals surface area contributed by atoms with Crippen LogP contribution in [0.2, 0.25) is 0 Å². The van der Waals surface area contributed by atoms with E-state index in [1.165, 1.54) is 19.3 Å².